The normalized spacial score (nSPS) is 11.2. The highest BCUT2D eigenvalue weighted by Gasteiger charge is 2.33. The topological polar surface area (TPSA) is 91.9 Å². The van der Waals surface area contributed by atoms with Gasteiger partial charge in [-0.3, -0.25) is 9.66 Å². The molecule has 0 aliphatic heterocycles. The Bertz CT molecular complexity index is 784. The molecule has 1 N–H and O–H groups in total. The maximum absolute atomic E-state index is 12.9. The van der Waals surface area contributed by atoms with Gasteiger partial charge in [-0.15, -0.1) is 0 Å². The number of hydrogen-bond acceptors (Lipinski definition) is 7. The van der Waals surface area contributed by atoms with Crippen molar-refractivity contribution in [1.82, 2.24) is 10.2 Å². The van der Waals surface area contributed by atoms with Gasteiger partial charge in [-0.05, 0) is 23.8 Å². The minimum Gasteiger partial charge on any atom is -0.493 e. The Labute approximate surface area is 146 Å². The van der Waals surface area contributed by atoms with Gasteiger partial charge in [0.1, 0.15) is 0 Å². The molecule has 9 heteroatoms. The van der Waals surface area contributed by atoms with Gasteiger partial charge in [0.15, 0.2) is 16.9 Å². The molecular weight excluding hydrogens is 347 g/mol. The fraction of sp³-hybridized carbons (Fsp3) is 0.312. The summed E-state index contributed by atoms with van der Waals surface area (Å²) in [6.07, 6.45) is 1.54. The van der Waals surface area contributed by atoms with E-state index in [1.807, 2.05) is 0 Å². The minimum atomic E-state index is -3.57. The lowest BCUT2D eigenvalue weighted by molar-refractivity contribution is 0.286. The highest BCUT2D eigenvalue weighted by atomic mass is 31.2. The first-order chi connectivity index (χ1) is 12.0. The summed E-state index contributed by atoms with van der Waals surface area (Å²) in [7, 11) is 3.58. The Morgan fingerprint density at radius 1 is 1.04 bits per heavy atom. The summed E-state index contributed by atoms with van der Waals surface area (Å²) in [6.45, 7) is 3.74. The van der Waals surface area contributed by atoms with Crippen LogP contribution in [0.2, 0.25) is 0 Å². The Balaban J connectivity index is 2.80. The largest absolute Gasteiger partial charge is 0.493 e. The van der Waals surface area contributed by atoms with Gasteiger partial charge in [0.25, 0.3) is 0 Å². The molecule has 0 fully saturated rings. The van der Waals surface area contributed by atoms with Crippen molar-refractivity contribution in [1.29, 1.82) is 0 Å². The Kier molecular flexibility index (Phi) is 5.89. The van der Waals surface area contributed by atoms with Crippen LogP contribution in [-0.4, -0.2) is 45.7 Å². The van der Waals surface area contributed by atoms with Crippen LogP contribution in [0.3, 0.4) is 0 Å². The number of H-pyrrole nitrogens is 1. The van der Waals surface area contributed by atoms with Crippen molar-refractivity contribution in [2.75, 3.05) is 35.5 Å². The molecule has 1 aromatic heterocycles. The summed E-state index contributed by atoms with van der Waals surface area (Å²) in [6, 6.07) is 3.44. The first-order valence-electron chi connectivity index (χ1n) is 7.22. The number of aromatic amines is 1. The molecule has 8 nitrogen and oxygen atoms in total. The molecule has 2 rings (SSSR count). The van der Waals surface area contributed by atoms with Crippen LogP contribution in [0.4, 0.5) is 0 Å². The zero-order chi connectivity index (χ0) is 18.6. The van der Waals surface area contributed by atoms with Gasteiger partial charge in [-0.25, -0.2) is 0 Å². The van der Waals surface area contributed by atoms with Crippen molar-refractivity contribution in [3.8, 4) is 28.4 Å². The zero-order valence-corrected chi connectivity index (χ0v) is 15.7. The molecule has 0 aliphatic carbocycles. The van der Waals surface area contributed by atoms with E-state index in [2.05, 4.69) is 16.8 Å². The summed E-state index contributed by atoms with van der Waals surface area (Å²) >= 11 is 0. The molecule has 1 heterocycles. The van der Waals surface area contributed by atoms with Crippen molar-refractivity contribution in [2.45, 2.75) is 0 Å². The molecule has 2 aromatic rings. The second-order valence-electron chi connectivity index (χ2n) is 4.81. The van der Waals surface area contributed by atoms with Crippen molar-refractivity contribution < 1.29 is 27.8 Å². The number of rotatable bonds is 8. The maximum atomic E-state index is 12.9. The second kappa shape index (κ2) is 7.74. The summed E-state index contributed by atoms with van der Waals surface area (Å²) < 4.78 is 39.1. The molecule has 0 spiro atoms. The molecule has 1 aromatic carbocycles. The van der Waals surface area contributed by atoms with Crippen LogP contribution in [0.1, 0.15) is 5.69 Å². The summed E-state index contributed by atoms with van der Waals surface area (Å²) in [5.41, 5.74) is 1.84. The predicted octanol–water partition coefficient (Wildman–Crippen LogP) is 2.86. The standard InChI is InChI=1S/C16H21N2O6P/c1-7-11-14(16(18-17-11)25(19,23-5)24-6)10-8-12(20-2)15(22-4)13(9-10)21-3/h7-9H,1H2,2-6H3,(H,17,18). The monoisotopic (exact) mass is 368 g/mol. The molecule has 0 bridgehead atoms. The summed E-state index contributed by atoms with van der Waals surface area (Å²) in [4.78, 5) is 0. The van der Waals surface area contributed by atoms with Crippen LogP contribution >= 0.6 is 7.60 Å². The highest BCUT2D eigenvalue weighted by molar-refractivity contribution is 7.62. The van der Waals surface area contributed by atoms with E-state index >= 15 is 0 Å². The zero-order valence-electron chi connectivity index (χ0n) is 14.8. The van der Waals surface area contributed by atoms with Crippen molar-refractivity contribution in [2.24, 2.45) is 0 Å². The second-order valence-corrected chi connectivity index (χ2v) is 6.99. The molecule has 0 saturated carbocycles. The van der Waals surface area contributed by atoms with Gasteiger partial charge in [0, 0.05) is 19.8 Å². The van der Waals surface area contributed by atoms with Gasteiger partial charge in [-0.2, -0.15) is 5.10 Å². The van der Waals surface area contributed by atoms with E-state index in [1.165, 1.54) is 41.6 Å². The fourth-order valence-corrected chi connectivity index (χ4v) is 3.66. The number of hydrogen-bond donors (Lipinski definition) is 1. The van der Waals surface area contributed by atoms with E-state index in [9.17, 15) is 4.57 Å². The number of ether oxygens (including phenoxy) is 3. The third-order valence-corrected chi connectivity index (χ3v) is 5.51. The van der Waals surface area contributed by atoms with E-state index in [0.29, 0.717) is 34.1 Å². The van der Waals surface area contributed by atoms with E-state index in [-0.39, 0.29) is 5.44 Å². The average molecular weight is 368 g/mol. The smallest absolute Gasteiger partial charge is 0.379 e. The lowest BCUT2D eigenvalue weighted by Crippen LogP contribution is -2.12. The third kappa shape index (κ3) is 3.28. The van der Waals surface area contributed by atoms with Crippen LogP contribution in [0, 0.1) is 0 Å². The number of methoxy groups -OCH3 is 3. The molecule has 25 heavy (non-hydrogen) atoms. The number of nitrogens with zero attached hydrogens (tertiary/aromatic N) is 1. The highest BCUT2D eigenvalue weighted by Crippen LogP contribution is 2.49. The Hall–Kier alpha value is -2.28. The van der Waals surface area contributed by atoms with E-state index in [0.717, 1.165) is 0 Å². The van der Waals surface area contributed by atoms with E-state index in [4.69, 9.17) is 23.3 Å². The quantitative estimate of drug-likeness (QED) is 0.716. The van der Waals surface area contributed by atoms with Gasteiger partial charge in [0.05, 0.1) is 27.0 Å². The lowest BCUT2D eigenvalue weighted by Gasteiger charge is -2.16. The predicted molar refractivity (Wildman–Crippen MR) is 95.0 cm³/mol. The maximum Gasteiger partial charge on any atom is 0.379 e. The summed E-state index contributed by atoms with van der Waals surface area (Å²) in [5, 5.41) is 6.86. The fourth-order valence-electron chi connectivity index (χ4n) is 2.46. The summed E-state index contributed by atoms with van der Waals surface area (Å²) in [5.74, 6) is 1.34. The number of nitrogens with one attached hydrogen (secondary N) is 1. The van der Waals surface area contributed by atoms with Crippen molar-refractivity contribution in [3.05, 3.63) is 24.4 Å². The molecule has 0 unspecified atom stereocenters. The molecule has 0 radical (unpaired) electrons. The third-order valence-electron chi connectivity index (χ3n) is 3.68. The van der Waals surface area contributed by atoms with Crippen LogP contribution in [0.25, 0.3) is 17.2 Å². The minimum absolute atomic E-state index is 0.210. The molecular formula is C16H21N2O6P. The van der Waals surface area contributed by atoms with Crippen LogP contribution in [0.5, 0.6) is 17.2 Å². The van der Waals surface area contributed by atoms with E-state index in [1.54, 1.807) is 12.1 Å². The Morgan fingerprint density at radius 3 is 2.00 bits per heavy atom. The van der Waals surface area contributed by atoms with Gasteiger partial charge in [0.2, 0.25) is 5.75 Å². The van der Waals surface area contributed by atoms with Gasteiger partial charge >= 0.3 is 7.60 Å². The van der Waals surface area contributed by atoms with Gasteiger partial charge < -0.3 is 23.3 Å². The number of aromatic nitrogens is 2. The SMILES string of the molecule is C=Cc1n[nH]c(P(=O)(OC)OC)c1-c1cc(OC)c(OC)c(OC)c1. The molecule has 0 amide bonds. The van der Waals surface area contributed by atoms with Crippen LogP contribution in [0.15, 0.2) is 18.7 Å². The van der Waals surface area contributed by atoms with Crippen molar-refractivity contribution >= 4 is 19.1 Å². The first-order valence-corrected chi connectivity index (χ1v) is 8.77. The molecule has 136 valence electrons. The molecule has 0 aliphatic rings. The number of benzene rings is 1. The van der Waals surface area contributed by atoms with Gasteiger partial charge in [-0.1, -0.05) is 6.58 Å². The van der Waals surface area contributed by atoms with Crippen LogP contribution in [-0.2, 0) is 13.6 Å². The molecule has 0 atom stereocenters. The average Bonchev–Trinajstić information content (AvgIpc) is 3.10. The lowest BCUT2D eigenvalue weighted by atomic mass is 10.0. The first kappa shape index (κ1) is 19.1. The van der Waals surface area contributed by atoms with Crippen LogP contribution < -0.4 is 19.6 Å². The Morgan fingerprint density at radius 2 is 1.60 bits per heavy atom. The van der Waals surface area contributed by atoms with E-state index < -0.39 is 7.60 Å². The van der Waals surface area contributed by atoms with Crippen molar-refractivity contribution in [3.63, 3.8) is 0 Å². The molecule has 0 saturated heterocycles.